The molecule has 1 rings (SSSR count). The molecule has 2 unspecified atom stereocenters. The molecule has 0 bridgehead atoms. The first kappa shape index (κ1) is 7.03. The van der Waals surface area contributed by atoms with Gasteiger partial charge in [-0.2, -0.15) is 0 Å². The molecule has 1 aliphatic heterocycles. The fourth-order valence-corrected chi connectivity index (χ4v) is 1.28. The van der Waals surface area contributed by atoms with E-state index in [0.29, 0.717) is 5.92 Å². The summed E-state index contributed by atoms with van der Waals surface area (Å²) in [6.45, 7) is 2.87. The van der Waals surface area contributed by atoms with Crippen LogP contribution < -0.4 is 0 Å². The molecule has 0 radical (unpaired) electrons. The third-order valence-electron chi connectivity index (χ3n) is 1.84. The van der Waals surface area contributed by atoms with Crippen molar-refractivity contribution in [2.24, 2.45) is 5.92 Å². The van der Waals surface area contributed by atoms with E-state index >= 15 is 0 Å². The first-order chi connectivity index (χ1) is 4.34. The standard InChI is InChI=1S/C7H14O2/c1-2-3-6-4-5-9-7(6)8/h6-8H,2-5H2,1H3. The Bertz CT molecular complexity index is 83.0. The maximum atomic E-state index is 9.10. The van der Waals surface area contributed by atoms with E-state index in [9.17, 15) is 0 Å². The van der Waals surface area contributed by atoms with E-state index in [0.717, 1.165) is 25.9 Å². The highest BCUT2D eigenvalue weighted by atomic mass is 16.6. The van der Waals surface area contributed by atoms with Crippen LogP contribution in [0.15, 0.2) is 0 Å². The van der Waals surface area contributed by atoms with E-state index in [2.05, 4.69) is 6.92 Å². The predicted molar refractivity (Wildman–Crippen MR) is 35.0 cm³/mol. The molecule has 0 amide bonds. The lowest BCUT2D eigenvalue weighted by Gasteiger charge is -2.09. The lowest BCUT2D eigenvalue weighted by Crippen LogP contribution is -2.13. The van der Waals surface area contributed by atoms with Crippen LogP contribution >= 0.6 is 0 Å². The minimum absolute atomic E-state index is 0.412. The van der Waals surface area contributed by atoms with Gasteiger partial charge in [-0.3, -0.25) is 0 Å². The lowest BCUT2D eigenvalue weighted by molar-refractivity contribution is -0.0834. The van der Waals surface area contributed by atoms with Crippen molar-refractivity contribution in [3.05, 3.63) is 0 Å². The van der Waals surface area contributed by atoms with Crippen molar-refractivity contribution in [3.8, 4) is 0 Å². The Morgan fingerprint density at radius 2 is 2.44 bits per heavy atom. The Balaban J connectivity index is 2.22. The molecule has 0 aromatic heterocycles. The topological polar surface area (TPSA) is 29.5 Å². The van der Waals surface area contributed by atoms with Crippen molar-refractivity contribution in [1.29, 1.82) is 0 Å². The van der Waals surface area contributed by atoms with Gasteiger partial charge in [0.25, 0.3) is 0 Å². The number of ether oxygens (including phenoxy) is 1. The average molecular weight is 130 g/mol. The molecule has 0 aromatic rings. The van der Waals surface area contributed by atoms with E-state index in [-0.39, 0.29) is 0 Å². The van der Waals surface area contributed by atoms with Crippen molar-refractivity contribution in [2.45, 2.75) is 32.5 Å². The van der Waals surface area contributed by atoms with Gasteiger partial charge in [-0.1, -0.05) is 13.3 Å². The fourth-order valence-electron chi connectivity index (χ4n) is 1.28. The van der Waals surface area contributed by atoms with E-state index in [4.69, 9.17) is 9.84 Å². The highest BCUT2D eigenvalue weighted by molar-refractivity contribution is 4.66. The number of hydrogen-bond acceptors (Lipinski definition) is 2. The molecule has 9 heavy (non-hydrogen) atoms. The molecular formula is C7H14O2. The fraction of sp³-hybridized carbons (Fsp3) is 1.00. The van der Waals surface area contributed by atoms with Gasteiger partial charge in [-0.05, 0) is 12.8 Å². The molecule has 0 saturated carbocycles. The lowest BCUT2D eigenvalue weighted by atomic mass is 10.0. The van der Waals surface area contributed by atoms with Crippen LogP contribution in [0.4, 0.5) is 0 Å². The van der Waals surface area contributed by atoms with Crippen molar-refractivity contribution in [2.75, 3.05) is 6.61 Å². The smallest absolute Gasteiger partial charge is 0.157 e. The molecule has 54 valence electrons. The number of aliphatic hydroxyl groups excluding tert-OH is 1. The van der Waals surface area contributed by atoms with Crippen molar-refractivity contribution < 1.29 is 9.84 Å². The summed E-state index contributed by atoms with van der Waals surface area (Å²) < 4.78 is 4.97. The maximum Gasteiger partial charge on any atom is 0.157 e. The Kier molecular flexibility index (Phi) is 2.49. The van der Waals surface area contributed by atoms with Gasteiger partial charge in [0.05, 0.1) is 6.61 Å². The minimum Gasteiger partial charge on any atom is -0.368 e. The number of rotatable bonds is 2. The van der Waals surface area contributed by atoms with Crippen LogP contribution in [0.5, 0.6) is 0 Å². The largest absolute Gasteiger partial charge is 0.368 e. The van der Waals surface area contributed by atoms with Crippen LogP contribution in [0, 0.1) is 5.92 Å². The van der Waals surface area contributed by atoms with Gasteiger partial charge in [-0.15, -0.1) is 0 Å². The zero-order valence-corrected chi connectivity index (χ0v) is 5.84. The van der Waals surface area contributed by atoms with Gasteiger partial charge in [0, 0.05) is 5.92 Å². The summed E-state index contributed by atoms with van der Waals surface area (Å²) in [5.74, 6) is 0.412. The zero-order valence-electron chi connectivity index (χ0n) is 5.84. The van der Waals surface area contributed by atoms with Crippen molar-refractivity contribution in [3.63, 3.8) is 0 Å². The summed E-state index contributed by atoms with van der Waals surface area (Å²) >= 11 is 0. The summed E-state index contributed by atoms with van der Waals surface area (Å²) in [5, 5.41) is 9.10. The SMILES string of the molecule is CCCC1CCOC1O. The van der Waals surface area contributed by atoms with E-state index in [1.54, 1.807) is 0 Å². The summed E-state index contributed by atoms with van der Waals surface area (Å²) in [6, 6.07) is 0. The second-order valence-corrected chi connectivity index (χ2v) is 2.60. The Labute approximate surface area is 55.8 Å². The molecule has 1 fully saturated rings. The van der Waals surface area contributed by atoms with E-state index < -0.39 is 6.29 Å². The Morgan fingerprint density at radius 1 is 1.67 bits per heavy atom. The van der Waals surface area contributed by atoms with Gasteiger partial charge >= 0.3 is 0 Å². The highest BCUT2D eigenvalue weighted by Crippen LogP contribution is 2.22. The molecule has 1 heterocycles. The first-order valence-electron chi connectivity index (χ1n) is 3.64. The monoisotopic (exact) mass is 130 g/mol. The van der Waals surface area contributed by atoms with Crippen LogP contribution in [-0.4, -0.2) is 18.0 Å². The van der Waals surface area contributed by atoms with Gasteiger partial charge in [-0.25, -0.2) is 0 Å². The summed E-state index contributed by atoms with van der Waals surface area (Å²) in [5.41, 5.74) is 0. The second-order valence-electron chi connectivity index (χ2n) is 2.60. The van der Waals surface area contributed by atoms with E-state index in [1.807, 2.05) is 0 Å². The average Bonchev–Trinajstić information content (AvgIpc) is 2.18. The highest BCUT2D eigenvalue weighted by Gasteiger charge is 2.24. The molecule has 2 atom stereocenters. The van der Waals surface area contributed by atoms with Gasteiger partial charge in [0.1, 0.15) is 0 Å². The zero-order chi connectivity index (χ0) is 6.69. The molecule has 2 heteroatoms. The van der Waals surface area contributed by atoms with Crippen molar-refractivity contribution >= 4 is 0 Å². The Hall–Kier alpha value is -0.0800. The number of hydrogen-bond donors (Lipinski definition) is 1. The van der Waals surface area contributed by atoms with Crippen LogP contribution in [0.1, 0.15) is 26.2 Å². The molecule has 0 aliphatic carbocycles. The van der Waals surface area contributed by atoms with Crippen LogP contribution in [0.2, 0.25) is 0 Å². The third-order valence-corrected chi connectivity index (χ3v) is 1.84. The van der Waals surface area contributed by atoms with E-state index in [1.165, 1.54) is 0 Å². The molecule has 2 nitrogen and oxygen atoms in total. The normalized spacial score (nSPS) is 35.3. The summed E-state index contributed by atoms with van der Waals surface area (Å²) in [4.78, 5) is 0. The first-order valence-corrected chi connectivity index (χ1v) is 3.64. The van der Waals surface area contributed by atoms with Gasteiger partial charge < -0.3 is 9.84 Å². The molecule has 0 spiro atoms. The number of aliphatic hydroxyl groups is 1. The second kappa shape index (κ2) is 3.18. The van der Waals surface area contributed by atoms with Crippen LogP contribution in [0.25, 0.3) is 0 Å². The summed E-state index contributed by atoms with van der Waals surface area (Å²) in [7, 11) is 0. The third kappa shape index (κ3) is 1.66. The minimum atomic E-state index is -0.468. The van der Waals surface area contributed by atoms with Crippen molar-refractivity contribution in [1.82, 2.24) is 0 Å². The van der Waals surface area contributed by atoms with Crippen LogP contribution in [-0.2, 0) is 4.74 Å². The molecular weight excluding hydrogens is 116 g/mol. The molecule has 1 aliphatic rings. The molecule has 0 aromatic carbocycles. The van der Waals surface area contributed by atoms with Crippen LogP contribution in [0.3, 0.4) is 0 Å². The maximum absolute atomic E-state index is 9.10. The summed E-state index contributed by atoms with van der Waals surface area (Å²) in [6.07, 6.45) is 2.81. The molecule has 1 N–H and O–H groups in total. The predicted octanol–water partition coefficient (Wildman–Crippen LogP) is 1.14. The van der Waals surface area contributed by atoms with Gasteiger partial charge in [0.15, 0.2) is 6.29 Å². The molecule has 1 saturated heterocycles. The van der Waals surface area contributed by atoms with Gasteiger partial charge in [0.2, 0.25) is 0 Å². The Morgan fingerprint density at radius 3 is 2.89 bits per heavy atom. The quantitative estimate of drug-likeness (QED) is 0.607.